The first-order valence-corrected chi connectivity index (χ1v) is 11.2. The van der Waals surface area contributed by atoms with Crippen LogP contribution in [-0.4, -0.2) is 50.6 Å². The third-order valence-electron chi connectivity index (χ3n) is 4.90. The summed E-state index contributed by atoms with van der Waals surface area (Å²) in [4.78, 5) is 12.3. The summed E-state index contributed by atoms with van der Waals surface area (Å²) >= 11 is 0. The van der Waals surface area contributed by atoms with Crippen molar-refractivity contribution in [1.82, 2.24) is 9.62 Å². The molecule has 1 aromatic carbocycles. The molecule has 0 aliphatic carbocycles. The zero-order chi connectivity index (χ0) is 20.1. The maximum Gasteiger partial charge on any atom is 0.224 e. The van der Waals surface area contributed by atoms with Gasteiger partial charge in [-0.1, -0.05) is 32.9 Å². The van der Waals surface area contributed by atoms with Gasteiger partial charge in [0, 0.05) is 13.1 Å². The Bertz CT molecular complexity index is 723. The summed E-state index contributed by atoms with van der Waals surface area (Å²) in [6, 6.07) is 7.99. The lowest BCUT2D eigenvalue weighted by Gasteiger charge is -2.30. The fourth-order valence-corrected chi connectivity index (χ4v) is 4.31. The summed E-state index contributed by atoms with van der Waals surface area (Å²) in [5.41, 5.74) is 1.35. The second-order valence-corrected chi connectivity index (χ2v) is 10.3. The molecule has 1 aliphatic rings. The van der Waals surface area contributed by atoms with Crippen LogP contribution in [0.3, 0.4) is 0 Å². The molecular formula is C20H32N2O4S. The van der Waals surface area contributed by atoms with Gasteiger partial charge in [0.05, 0.1) is 18.2 Å². The summed E-state index contributed by atoms with van der Waals surface area (Å²) in [7, 11) is -3.23. The number of ether oxygens (including phenoxy) is 1. The van der Waals surface area contributed by atoms with Gasteiger partial charge in [0.15, 0.2) is 0 Å². The highest BCUT2D eigenvalue weighted by molar-refractivity contribution is 7.89. The molecule has 1 N–H and O–H groups in total. The molecule has 0 aromatic heterocycles. The smallest absolute Gasteiger partial charge is 0.224 e. The first kappa shape index (κ1) is 21.7. The Morgan fingerprint density at radius 1 is 1.26 bits per heavy atom. The second kappa shape index (κ2) is 9.06. The standard InChI is InChI=1S/C20H32N2O4S/c1-5-27(24,25)22-13-6-7-16(15-22)19(23)21-12-14-26-18-10-8-17(9-11-18)20(2,3)4/h8-11,16H,5-7,12-15H2,1-4H3,(H,21,23)/t16-/m1/s1. The average molecular weight is 397 g/mol. The van der Waals surface area contributed by atoms with Crippen molar-refractivity contribution in [1.29, 1.82) is 0 Å². The van der Waals surface area contributed by atoms with Gasteiger partial charge in [0.1, 0.15) is 12.4 Å². The molecule has 0 spiro atoms. The number of carbonyl (C=O) groups is 1. The number of amides is 1. The van der Waals surface area contributed by atoms with Crippen molar-refractivity contribution in [2.24, 2.45) is 5.92 Å². The van der Waals surface area contributed by atoms with E-state index in [1.807, 2.05) is 12.1 Å². The zero-order valence-corrected chi connectivity index (χ0v) is 17.6. The van der Waals surface area contributed by atoms with Crippen molar-refractivity contribution in [3.63, 3.8) is 0 Å². The van der Waals surface area contributed by atoms with Gasteiger partial charge in [-0.05, 0) is 42.9 Å². The van der Waals surface area contributed by atoms with Crippen molar-refractivity contribution in [2.45, 2.75) is 46.0 Å². The van der Waals surface area contributed by atoms with Crippen molar-refractivity contribution in [3.05, 3.63) is 29.8 Å². The number of benzene rings is 1. The normalized spacial score (nSPS) is 18.9. The van der Waals surface area contributed by atoms with Gasteiger partial charge in [0.2, 0.25) is 15.9 Å². The van der Waals surface area contributed by atoms with E-state index in [0.717, 1.165) is 12.2 Å². The Hall–Kier alpha value is -1.60. The van der Waals surface area contributed by atoms with E-state index in [0.29, 0.717) is 26.1 Å². The molecule has 0 bridgehead atoms. The lowest BCUT2D eigenvalue weighted by Crippen LogP contribution is -2.46. The van der Waals surface area contributed by atoms with Gasteiger partial charge in [-0.2, -0.15) is 0 Å². The summed E-state index contributed by atoms with van der Waals surface area (Å²) < 4.78 is 31.1. The minimum atomic E-state index is -3.23. The molecule has 0 unspecified atom stereocenters. The van der Waals surface area contributed by atoms with Crippen LogP contribution in [0, 0.1) is 5.92 Å². The first-order valence-electron chi connectivity index (χ1n) is 9.62. The lowest BCUT2D eigenvalue weighted by atomic mass is 9.87. The molecule has 27 heavy (non-hydrogen) atoms. The van der Waals surface area contributed by atoms with Crippen LogP contribution < -0.4 is 10.1 Å². The fraction of sp³-hybridized carbons (Fsp3) is 0.650. The number of piperidine rings is 1. The van der Waals surface area contributed by atoms with Gasteiger partial charge < -0.3 is 10.1 Å². The molecule has 6 nitrogen and oxygen atoms in total. The molecule has 152 valence electrons. The number of carbonyl (C=O) groups excluding carboxylic acids is 1. The van der Waals surface area contributed by atoms with Gasteiger partial charge in [-0.3, -0.25) is 4.79 Å². The summed E-state index contributed by atoms with van der Waals surface area (Å²) in [6.45, 7) is 9.68. The summed E-state index contributed by atoms with van der Waals surface area (Å²) in [5, 5.41) is 2.86. The maximum atomic E-state index is 12.3. The molecule has 2 rings (SSSR count). The second-order valence-electron chi connectivity index (χ2n) is 8.01. The lowest BCUT2D eigenvalue weighted by molar-refractivity contribution is -0.126. The molecule has 1 heterocycles. The van der Waals surface area contributed by atoms with E-state index in [2.05, 4.69) is 38.2 Å². The van der Waals surface area contributed by atoms with Crippen molar-refractivity contribution in [2.75, 3.05) is 32.0 Å². The van der Waals surface area contributed by atoms with E-state index in [1.54, 1.807) is 6.92 Å². The van der Waals surface area contributed by atoms with Gasteiger partial charge >= 0.3 is 0 Å². The van der Waals surface area contributed by atoms with Crippen LogP contribution in [0.5, 0.6) is 5.75 Å². The first-order chi connectivity index (χ1) is 12.6. The van der Waals surface area contributed by atoms with Crippen LogP contribution in [0.25, 0.3) is 0 Å². The third kappa shape index (κ3) is 6.21. The third-order valence-corrected chi connectivity index (χ3v) is 6.75. The molecule has 1 fully saturated rings. The number of hydrogen-bond donors (Lipinski definition) is 1. The predicted octanol–water partition coefficient (Wildman–Crippen LogP) is 2.54. The molecule has 7 heteroatoms. The topological polar surface area (TPSA) is 75.7 Å². The number of nitrogens with one attached hydrogen (secondary N) is 1. The van der Waals surface area contributed by atoms with E-state index < -0.39 is 10.0 Å². The molecular weight excluding hydrogens is 364 g/mol. The monoisotopic (exact) mass is 396 g/mol. The number of hydrogen-bond acceptors (Lipinski definition) is 4. The number of sulfonamides is 1. The Kier molecular flexibility index (Phi) is 7.28. The van der Waals surface area contributed by atoms with Crippen LogP contribution in [-0.2, 0) is 20.2 Å². The highest BCUT2D eigenvalue weighted by Gasteiger charge is 2.31. The van der Waals surface area contributed by atoms with Crippen LogP contribution in [0.1, 0.15) is 46.1 Å². The minimum Gasteiger partial charge on any atom is -0.492 e. The van der Waals surface area contributed by atoms with Crippen LogP contribution in [0.4, 0.5) is 0 Å². The number of rotatable bonds is 7. The molecule has 0 radical (unpaired) electrons. The molecule has 1 aliphatic heterocycles. The predicted molar refractivity (Wildman–Crippen MR) is 107 cm³/mol. The molecule has 0 saturated carbocycles. The van der Waals surface area contributed by atoms with E-state index in [4.69, 9.17) is 4.74 Å². The zero-order valence-electron chi connectivity index (χ0n) is 16.8. The molecule has 1 saturated heterocycles. The van der Waals surface area contributed by atoms with Crippen LogP contribution >= 0.6 is 0 Å². The van der Waals surface area contributed by atoms with E-state index in [-0.39, 0.29) is 29.5 Å². The van der Waals surface area contributed by atoms with E-state index in [1.165, 1.54) is 9.87 Å². The number of nitrogens with zero attached hydrogens (tertiary/aromatic N) is 1. The molecule has 1 amide bonds. The summed E-state index contributed by atoms with van der Waals surface area (Å²) in [5.74, 6) is 0.461. The molecule has 1 aromatic rings. The van der Waals surface area contributed by atoms with Crippen LogP contribution in [0.2, 0.25) is 0 Å². The highest BCUT2D eigenvalue weighted by Crippen LogP contribution is 2.24. The minimum absolute atomic E-state index is 0.0726. The van der Waals surface area contributed by atoms with E-state index >= 15 is 0 Å². The summed E-state index contributed by atoms with van der Waals surface area (Å²) in [6.07, 6.45) is 1.44. The largest absolute Gasteiger partial charge is 0.492 e. The van der Waals surface area contributed by atoms with Crippen LogP contribution in [0.15, 0.2) is 24.3 Å². The van der Waals surface area contributed by atoms with Crippen molar-refractivity contribution >= 4 is 15.9 Å². The van der Waals surface area contributed by atoms with Crippen molar-refractivity contribution < 1.29 is 17.9 Å². The Morgan fingerprint density at radius 2 is 1.93 bits per heavy atom. The van der Waals surface area contributed by atoms with Gasteiger partial charge in [-0.25, -0.2) is 12.7 Å². The van der Waals surface area contributed by atoms with E-state index in [9.17, 15) is 13.2 Å². The Morgan fingerprint density at radius 3 is 2.52 bits per heavy atom. The van der Waals surface area contributed by atoms with Crippen molar-refractivity contribution in [3.8, 4) is 5.75 Å². The quantitative estimate of drug-likeness (QED) is 0.719. The highest BCUT2D eigenvalue weighted by atomic mass is 32.2. The SMILES string of the molecule is CCS(=O)(=O)N1CCC[C@@H](C(=O)NCCOc2ccc(C(C)(C)C)cc2)C1. The Balaban J connectivity index is 1.76. The van der Waals surface area contributed by atoms with Gasteiger partial charge in [-0.15, -0.1) is 0 Å². The average Bonchev–Trinajstić information content (AvgIpc) is 2.65. The Labute approximate surface area is 163 Å². The fourth-order valence-electron chi connectivity index (χ4n) is 3.13. The van der Waals surface area contributed by atoms with Gasteiger partial charge in [0.25, 0.3) is 0 Å². The maximum absolute atomic E-state index is 12.3. The molecule has 1 atom stereocenters.